The molecular formula is C18H18NO5-. The fourth-order valence-corrected chi connectivity index (χ4v) is 2.11. The number of nitrogens with zero attached hydrogens (tertiary/aromatic N) is 1. The Balaban J connectivity index is 2.06. The Morgan fingerprint density at radius 3 is 2.46 bits per heavy atom. The van der Waals surface area contributed by atoms with E-state index >= 15 is 0 Å². The molecule has 6 heteroatoms. The van der Waals surface area contributed by atoms with Crippen molar-refractivity contribution in [2.45, 2.75) is 13.5 Å². The average Bonchev–Trinajstić information content (AvgIpc) is 2.61. The topological polar surface area (TPSA) is 80.2 Å². The highest BCUT2D eigenvalue weighted by Gasteiger charge is 2.07. The van der Waals surface area contributed by atoms with Gasteiger partial charge in [0.1, 0.15) is 6.61 Å². The number of carboxylic acids is 1. The molecule has 0 saturated heterocycles. The molecule has 126 valence electrons. The van der Waals surface area contributed by atoms with E-state index < -0.39 is 5.97 Å². The first kappa shape index (κ1) is 17.3. The van der Waals surface area contributed by atoms with Gasteiger partial charge in [0.05, 0.1) is 25.9 Å². The summed E-state index contributed by atoms with van der Waals surface area (Å²) >= 11 is 0. The molecule has 0 saturated carbocycles. The molecule has 0 aromatic heterocycles. The lowest BCUT2D eigenvalue weighted by atomic mass is 10.1. The Morgan fingerprint density at radius 2 is 1.79 bits per heavy atom. The van der Waals surface area contributed by atoms with E-state index in [1.807, 2.05) is 6.07 Å². The smallest absolute Gasteiger partial charge is 0.161 e. The van der Waals surface area contributed by atoms with E-state index in [0.29, 0.717) is 22.8 Å². The first-order valence-corrected chi connectivity index (χ1v) is 7.24. The minimum atomic E-state index is -1.22. The molecule has 0 aliphatic heterocycles. The number of hydrogen-bond donors (Lipinski definition) is 0. The number of carbonyl (C=O) groups is 1. The summed E-state index contributed by atoms with van der Waals surface area (Å²) in [6.45, 7) is 1.96. The summed E-state index contributed by atoms with van der Waals surface area (Å²) < 4.78 is 10.4. The minimum absolute atomic E-state index is 0.108. The van der Waals surface area contributed by atoms with E-state index in [1.54, 1.807) is 45.4 Å². The van der Waals surface area contributed by atoms with Crippen molar-refractivity contribution in [1.82, 2.24) is 0 Å². The molecule has 0 radical (unpaired) electrons. The van der Waals surface area contributed by atoms with Crippen molar-refractivity contribution in [1.29, 1.82) is 0 Å². The van der Waals surface area contributed by atoms with Crippen LogP contribution in [-0.2, 0) is 11.4 Å². The summed E-state index contributed by atoms with van der Waals surface area (Å²) in [6.07, 6.45) is 0. The van der Waals surface area contributed by atoms with Gasteiger partial charge in [0.25, 0.3) is 0 Å². The second-order valence-electron chi connectivity index (χ2n) is 5.01. The average molecular weight is 328 g/mol. The molecule has 0 unspecified atom stereocenters. The van der Waals surface area contributed by atoms with Crippen LogP contribution in [0.5, 0.6) is 11.5 Å². The third-order valence-corrected chi connectivity index (χ3v) is 3.40. The largest absolute Gasteiger partial charge is 0.545 e. The molecule has 0 atom stereocenters. The van der Waals surface area contributed by atoms with Gasteiger partial charge in [-0.3, -0.25) is 0 Å². The molecule has 0 amide bonds. The molecule has 2 aromatic carbocycles. The number of methoxy groups -OCH3 is 2. The molecule has 0 N–H and O–H groups in total. The highest BCUT2D eigenvalue weighted by atomic mass is 16.6. The number of hydrogen-bond acceptors (Lipinski definition) is 6. The van der Waals surface area contributed by atoms with Crippen molar-refractivity contribution in [2.75, 3.05) is 14.2 Å². The van der Waals surface area contributed by atoms with Crippen LogP contribution in [0.25, 0.3) is 0 Å². The Labute approximate surface area is 140 Å². The zero-order chi connectivity index (χ0) is 17.5. The molecule has 0 heterocycles. The van der Waals surface area contributed by atoms with Crippen LogP contribution in [-0.4, -0.2) is 25.9 Å². The Bertz CT molecular complexity index is 755. The molecule has 6 nitrogen and oxygen atoms in total. The second-order valence-corrected chi connectivity index (χ2v) is 5.01. The summed E-state index contributed by atoms with van der Waals surface area (Å²) in [5, 5.41) is 14.9. The summed E-state index contributed by atoms with van der Waals surface area (Å²) in [6, 6.07) is 11.8. The van der Waals surface area contributed by atoms with Gasteiger partial charge in [0.2, 0.25) is 0 Å². The third-order valence-electron chi connectivity index (χ3n) is 3.40. The van der Waals surface area contributed by atoms with Crippen molar-refractivity contribution in [2.24, 2.45) is 5.16 Å². The van der Waals surface area contributed by atoms with Gasteiger partial charge in [0.15, 0.2) is 11.5 Å². The monoisotopic (exact) mass is 328 g/mol. The number of rotatable bonds is 7. The van der Waals surface area contributed by atoms with Crippen LogP contribution in [0.15, 0.2) is 47.6 Å². The molecule has 0 spiro atoms. The van der Waals surface area contributed by atoms with Gasteiger partial charge in [0, 0.05) is 5.56 Å². The first-order chi connectivity index (χ1) is 11.5. The van der Waals surface area contributed by atoms with Gasteiger partial charge in [-0.15, -0.1) is 0 Å². The Morgan fingerprint density at radius 1 is 1.04 bits per heavy atom. The summed E-state index contributed by atoms with van der Waals surface area (Å²) in [7, 11) is 3.14. The lowest BCUT2D eigenvalue weighted by molar-refractivity contribution is -0.255. The number of carboxylic acid groups (broad SMARTS) is 1. The first-order valence-electron chi connectivity index (χ1n) is 7.24. The minimum Gasteiger partial charge on any atom is -0.545 e. The maximum Gasteiger partial charge on any atom is 0.161 e. The van der Waals surface area contributed by atoms with Gasteiger partial charge in [-0.2, -0.15) is 0 Å². The third kappa shape index (κ3) is 4.25. The van der Waals surface area contributed by atoms with Crippen molar-refractivity contribution in [3.05, 3.63) is 59.2 Å². The molecular weight excluding hydrogens is 310 g/mol. The predicted octanol–water partition coefficient (Wildman–Crippen LogP) is 2.01. The zero-order valence-electron chi connectivity index (χ0n) is 13.7. The van der Waals surface area contributed by atoms with Crippen molar-refractivity contribution in [3.63, 3.8) is 0 Å². The molecule has 0 aliphatic carbocycles. The van der Waals surface area contributed by atoms with Crippen LogP contribution < -0.4 is 14.6 Å². The van der Waals surface area contributed by atoms with Crippen LogP contribution in [0.2, 0.25) is 0 Å². The van der Waals surface area contributed by atoms with E-state index in [0.717, 1.165) is 5.56 Å². The maximum absolute atomic E-state index is 10.8. The number of benzene rings is 2. The van der Waals surface area contributed by atoms with Crippen molar-refractivity contribution >= 4 is 11.7 Å². The highest BCUT2D eigenvalue weighted by molar-refractivity contribution is 5.98. The number of ether oxygens (including phenoxy) is 2. The standard InChI is InChI=1S/C18H19NO5/c1-12(14-7-8-16(22-2)17(10-14)23-3)19-24-11-13-5-4-6-15(9-13)18(20)21/h4-10H,11H2,1-3H3,(H,20,21)/p-1. The van der Waals surface area contributed by atoms with Gasteiger partial charge in [-0.25, -0.2) is 0 Å². The number of aromatic carboxylic acids is 1. The van der Waals surface area contributed by atoms with E-state index in [9.17, 15) is 9.90 Å². The predicted molar refractivity (Wildman–Crippen MR) is 87.3 cm³/mol. The van der Waals surface area contributed by atoms with Gasteiger partial charge in [-0.1, -0.05) is 23.4 Å². The quantitative estimate of drug-likeness (QED) is 0.574. The summed E-state index contributed by atoms with van der Waals surface area (Å²) in [5.41, 5.74) is 2.29. The number of oxime groups is 1. The fraction of sp³-hybridized carbons (Fsp3) is 0.222. The Hall–Kier alpha value is -3.02. The lowest BCUT2D eigenvalue weighted by Gasteiger charge is -2.09. The van der Waals surface area contributed by atoms with E-state index in [2.05, 4.69) is 5.16 Å². The number of carbonyl (C=O) groups excluding carboxylic acids is 1. The van der Waals surface area contributed by atoms with Gasteiger partial charge in [-0.05, 0) is 42.3 Å². The molecule has 0 fully saturated rings. The molecule has 0 bridgehead atoms. The maximum atomic E-state index is 10.8. The fourth-order valence-electron chi connectivity index (χ4n) is 2.11. The van der Waals surface area contributed by atoms with Gasteiger partial charge >= 0.3 is 0 Å². The van der Waals surface area contributed by atoms with Crippen molar-refractivity contribution < 1.29 is 24.2 Å². The van der Waals surface area contributed by atoms with E-state index in [-0.39, 0.29) is 12.2 Å². The Kier molecular flexibility index (Phi) is 5.78. The van der Waals surface area contributed by atoms with Gasteiger partial charge < -0.3 is 24.2 Å². The van der Waals surface area contributed by atoms with Crippen LogP contribution in [0.4, 0.5) is 0 Å². The van der Waals surface area contributed by atoms with Crippen LogP contribution in [0, 0.1) is 0 Å². The summed E-state index contributed by atoms with van der Waals surface area (Å²) in [5.74, 6) is 0.0159. The zero-order valence-corrected chi connectivity index (χ0v) is 13.7. The van der Waals surface area contributed by atoms with E-state index in [4.69, 9.17) is 14.3 Å². The highest BCUT2D eigenvalue weighted by Crippen LogP contribution is 2.27. The SMILES string of the molecule is COc1ccc(C(C)=NOCc2cccc(C(=O)[O-])c2)cc1OC. The van der Waals surface area contributed by atoms with Crippen molar-refractivity contribution in [3.8, 4) is 11.5 Å². The second kappa shape index (κ2) is 8.01. The van der Waals surface area contributed by atoms with Crippen LogP contribution in [0.3, 0.4) is 0 Å². The summed E-state index contributed by atoms with van der Waals surface area (Å²) in [4.78, 5) is 16.1. The molecule has 24 heavy (non-hydrogen) atoms. The molecule has 2 rings (SSSR count). The van der Waals surface area contributed by atoms with Crippen LogP contribution >= 0.6 is 0 Å². The van der Waals surface area contributed by atoms with E-state index in [1.165, 1.54) is 12.1 Å². The molecule has 2 aromatic rings. The normalized spacial score (nSPS) is 11.0. The van der Waals surface area contributed by atoms with Crippen LogP contribution in [0.1, 0.15) is 28.4 Å². The molecule has 0 aliphatic rings. The lowest BCUT2D eigenvalue weighted by Crippen LogP contribution is -2.22.